The number of nitrogens with zero attached hydrogens (tertiary/aromatic N) is 1. The lowest BCUT2D eigenvalue weighted by atomic mass is 9.99. The Morgan fingerprint density at radius 1 is 1.08 bits per heavy atom. The van der Waals surface area contributed by atoms with Crippen LogP contribution in [-0.2, 0) is 12.8 Å². The van der Waals surface area contributed by atoms with Gasteiger partial charge in [-0.1, -0.05) is 0 Å². The van der Waals surface area contributed by atoms with Gasteiger partial charge in [0.1, 0.15) is 0 Å². The molecule has 0 aromatic heterocycles. The van der Waals surface area contributed by atoms with E-state index in [4.69, 9.17) is 5.73 Å². The zero-order chi connectivity index (χ0) is 8.84. The van der Waals surface area contributed by atoms with Crippen LogP contribution in [0.15, 0.2) is 12.1 Å². The van der Waals surface area contributed by atoms with Crippen molar-refractivity contribution in [3.8, 4) is 0 Å². The lowest BCUT2D eigenvalue weighted by molar-refractivity contribution is 0.719. The number of nitrogens with two attached hydrogens (primary N) is 1. The Morgan fingerprint density at radius 2 is 1.85 bits per heavy atom. The second-order valence-electron chi connectivity index (χ2n) is 4.03. The van der Waals surface area contributed by atoms with Crippen molar-refractivity contribution in [2.45, 2.75) is 19.3 Å². The molecule has 0 atom stereocenters. The fraction of sp³-hybridized carbons (Fsp3) is 0.455. The van der Waals surface area contributed by atoms with E-state index in [9.17, 15) is 0 Å². The average molecular weight is 174 g/mol. The lowest BCUT2D eigenvalue weighted by Crippen LogP contribution is -2.26. The van der Waals surface area contributed by atoms with Crippen molar-refractivity contribution in [2.75, 3.05) is 23.7 Å². The molecule has 68 valence electrons. The summed E-state index contributed by atoms with van der Waals surface area (Å²) in [4.78, 5) is 2.51. The first-order chi connectivity index (χ1) is 6.34. The van der Waals surface area contributed by atoms with Crippen LogP contribution in [0, 0.1) is 0 Å². The van der Waals surface area contributed by atoms with E-state index in [0.717, 1.165) is 5.69 Å². The number of rotatable bonds is 0. The predicted octanol–water partition coefficient (Wildman–Crippen LogP) is 1.58. The molecule has 1 aromatic carbocycles. The molecule has 2 heterocycles. The first-order valence-corrected chi connectivity index (χ1v) is 5.01. The molecule has 0 aliphatic carbocycles. The molecule has 0 bridgehead atoms. The van der Waals surface area contributed by atoms with Gasteiger partial charge in [-0.3, -0.25) is 0 Å². The van der Waals surface area contributed by atoms with Gasteiger partial charge in [0.2, 0.25) is 0 Å². The van der Waals surface area contributed by atoms with Gasteiger partial charge in [-0.2, -0.15) is 0 Å². The Hall–Kier alpha value is -1.18. The predicted molar refractivity (Wildman–Crippen MR) is 55.1 cm³/mol. The fourth-order valence-electron chi connectivity index (χ4n) is 2.63. The van der Waals surface area contributed by atoms with E-state index >= 15 is 0 Å². The number of benzene rings is 1. The maximum atomic E-state index is 5.86. The second kappa shape index (κ2) is 2.41. The molecule has 1 aromatic rings. The second-order valence-corrected chi connectivity index (χ2v) is 4.03. The molecule has 3 rings (SSSR count). The van der Waals surface area contributed by atoms with Crippen LogP contribution in [0.1, 0.15) is 17.5 Å². The SMILES string of the molecule is Nc1cc2c3c(c1)CCN3CCC2. The third-order valence-corrected chi connectivity index (χ3v) is 3.13. The van der Waals surface area contributed by atoms with Crippen LogP contribution in [0.5, 0.6) is 0 Å². The lowest BCUT2D eigenvalue weighted by Gasteiger charge is -2.27. The minimum atomic E-state index is 0.942. The summed E-state index contributed by atoms with van der Waals surface area (Å²) in [5.41, 5.74) is 11.2. The molecule has 13 heavy (non-hydrogen) atoms. The quantitative estimate of drug-likeness (QED) is 0.605. The molecule has 2 N–H and O–H groups in total. The van der Waals surface area contributed by atoms with Gasteiger partial charge in [-0.05, 0) is 42.5 Å². The summed E-state index contributed by atoms with van der Waals surface area (Å²) in [6.45, 7) is 2.44. The van der Waals surface area contributed by atoms with E-state index in [1.165, 1.54) is 49.2 Å². The standard InChI is InChI=1S/C11H14N2/c12-10-6-8-2-1-4-13-5-3-9(7-10)11(8)13/h6-7H,1-5,12H2. The molecule has 0 amide bonds. The Balaban J connectivity index is 2.23. The molecule has 0 unspecified atom stereocenters. The van der Waals surface area contributed by atoms with Crippen molar-refractivity contribution < 1.29 is 0 Å². The van der Waals surface area contributed by atoms with Crippen LogP contribution >= 0.6 is 0 Å². The molecular formula is C11H14N2. The molecule has 0 fully saturated rings. The van der Waals surface area contributed by atoms with Crippen molar-refractivity contribution in [1.29, 1.82) is 0 Å². The molecule has 0 radical (unpaired) electrons. The summed E-state index contributed by atoms with van der Waals surface area (Å²) in [6, 6.07) is 4.29. The fourth-order valence-corrected chi connectivity index (χ4v) is 2.63. The maximum Gasteiger partial charge on any atom is 0.0433 e. The van der Waals surface area contributed by atoms with E-state index in [2.05, 4.69) is 17.0 Å². The molecule has 2 aliphatic heterocycles. The first kappa shape index (κ1) is 7.25. The van der Waals surface area contributed by atoms with E-state index in [1.54, 1.807) is 0 Å². The Labute approximate surface area is 78.3 Å². The van der Waals surface area contributed by atoms with Gasteiger partial charge in [0, 0.05) is 24.5 Å². The summed E-state index contributed by atoms with van der Waals surface area (Å²) < 4.78 is 0. The highest BCUT2D eigenvalue weighted by molar-refractivity contribution is 5.69. The van der Waals surface area contributed by atoms with E-state index in [0.29, 0.717) is 0 Å². The van der Waals surface area contributed by atoms with Crippen molar-refractivity contribution in [3.05, 3.63) is 23.3 Å². The van der Waals surface area contributed by atoms with E-state index in [-0.39, 0.29) is 0 Å². The number of anilines is 2. The van der Waals surface area contributed by atoms with Gasteiger partial charge in [-0.25, -0.2) is 0 Å². The van der Waals surface area contributed by atoms with E-state index in [1.807, 2.05) is 0 Å². The Kier molecular flexibility index (Phi) is 1.34. The van der Waals surface area contributed by atoms with Crippen LogP contribution < -0.4 is 10.6 Å². The Bertz CT molecular complexity index is 357. The largest absolute Gasteiger partial charge is 0.399 e. The summed E-state index contributed by atoms with van der Waals surface area (Å²) >= 11 is 0. The molecule has 2 nitrogen and oxygen atoms in total. The summed E-state index contributed by atoms with van der Waals surface area (Å²) in [6.07, 6.45) is 3.69. The van der Waals surface area contributed by atoms with Gasteiger partial charge >= 0.3 is 0 Å². The van der Waals surface area contributed by atoms with Crippen LogP contribution in [-0.4, -0.2) is 13.1 Å². The maximum absolute atomic E-state index is 5.86. The van der Waals surface area contributed by atoms with Gasteiger partial charge in [0.25, 0.3) is 0 Å². The highest BCUT2D eigenvalue weighted by Gasteiger charge is 2.25. The third-order valence-electron chi connectivity index (χ3n) is 3.13. The highest BCUT2D eigenvalue weighted by atomic mass is 15.2. The number of hydrogen-bond acceptors (Lipinski definition) is 2. The number of aryl methyl sites for hydroxylation is 1. The molecular weight excluding hydrogens is 160 g/mol. The van der Waals surface area contributed by atoms with Crippen molar-refractivity contribution >= 4 is 11.4 Å². The van der Waals surface area contributed by atoms with Crippen LogP contribution in [0.4, 0.5) is 11.4 Å². The minimum absolute atomic E-state index is 0.942. The molecule has 2 heteroatoms. The Morgan fingerprint density at radius 3 is 2.69 bits per heavy atom. The van der Waals surface area contributed by atoms with Gasteiger partial charge < -0.3 is 10.6 Å². The first-order valence-electron chi connectivity index (χ1n) is 5.01. The number of nitrogen functional groups attached to an aromatic ring is 1. The normalized spacial score (nSPS) is 18.9. The van der Waals surface area contributed by atoms with E-state index < -0.39 is 0 Å². The van der Waals surface area contributed by atoms with Crippen LogP contribution in [0.25, 0.3) is 0 Å². The summed E-state index contributed by atoms with van der Waals surface area (Å²) in [5.74, 6) is 0. The highest BCUT2D eigenvalue weighted by Crippen LogP contribution is 2.37. The third kappa shape index (κ3) is 0.947. The molecule has 0 saturated heterocycles. The zero-order valence-corrected chi connectivity index (χ0v) is 7.71. The average Bonchev–Trinajstić information content (AvgIpc) is 2.50. The van der Waals surface area contributed by atoms with Crippen molar-refractivity contribution in [2.24, 2.45) is 0 Å². The minimum Gasteiger partial charge on any atom is -0.399 e. The van der Waals surface area contributed by atoms with Crippen LogP contribution in [0.2, 0.25) is 0 Å². The smallest absolute Gasteiger partial charge is 0.0433 e. The molecule has 0 saturated carbocycles. The zero-order valence-electron chi connectivity index (χ0n) is 7.71. The monoisotopic (exact) mass is 174 g/mol. The number of hydrogen-bond donors (Lipinski definition) is 1. The van der Waals surface area contributed by atoms with Gasteiger partial charge in [0.15, 0.2) is 0 Å². The summed E-state index contributed by atoms with van der Waals surface area (Å²) in [5, 5.41) is 0. The van der Waals surface area contributed by atoms with Crippen molar-refractivity contribution in [1.82, 2.24) is 0 Å². The van der Waals surface area contributed by atoms with Gasteiger partial charge in [-0.15, -0.1) is 0 Å². The summed E-state index contributed by atoms with van der Waals surface area (Å²) in [7, 11) is 0. The molecule has 2 aliphatic rings. The van der Waals surface area contributed by atoms with Crippen molar-refractivity contribution in [3.63, 3.8) is 0 Å². The van der Waals surface area contributed by atoms with Gasteiger partial charge in [0.05, 0.1) is 0 Å². The molecule has 0 spiro atoms. The topological polar surface area (TPSA) is 29.3 Å². The van der Waals surface area contributed by atoms with Crippen LogP contribution in [0.3, 0.4) is 0 Å².